The van der Waals surface area contributed by atoms with E-state index in [0.717, 1.165) is 36.5 Å². The molecule has 1 aliphatic heterocycles. The van der Waals surface area contributed by atoms with Crippen molar-refractivity contribution in [3.63, 3.8) is 0 Å². The minimum Gasteiger partial charge on any atom is -0.433 e. The number of hydrogen-bond acceptors (Lipinski definition) is 5. The van der Waals surface area contributed by atoms with Gasteiger partial charge in [0, 0.05) is 31.2 Å². The summed E-state index contributed by atoms with van der Waals surface area (Å²) in [5.74, 6) is 1.05. The average Bonchev–Trinajstić information content (AvgIpc) is 3.13. The highest BCUT2D eigenvalue weighted by Gasteiger charge is 2.25. The van der Waals surface area contributed by atoms with Crippen molar-refractivity contribution in [1.29, 1.82) is 0 Å². The zero-order valence-corrected chi connectivity index (χ0v) is 13.8. The van der Waals surface area contributed by atoms with Gasteiger partial charge in [-0.3, -0.25) is 0 Å². The van der Waals surface area contributed by atoms with E-state index < -0.39 is 6.61 Å². The summed E-state index contributed by atoms with van der Waals surface area (Å²) in [6, 6.07) is 7.20. The summed E-state index contributed by atoms with van der Waals surface area (Å²) in [5.41, 5.74) is 2.68. The molecule has 0 unspecified atom stereocenters. The number of halogens is 2. The standard InChI is InChI=1S/C17H21F2N3O2/c1-11-14(12(2)24-21-11)9-20-13-7-8-22(10-13)15-5-3-4-6-16(15)23-17(18)19/h3-6,13,17,20H,7-10H2,1-2H3/t13-/m1/s1. The van der Waals surface area contributed by atoms with Crippen LogP contribution in [0.25, 0.3) is 0 Å². The van der Waals surface area contributed by atoms with Crippen molar-refractivity contribution in [1.82, 2.24) is 10.5 Å². The second-order valence-corrected chi connectivity index (χ2v) is 5.96. The van der Waals surface area contributed by atoms with Crippen LogP contribution in [0.15, 0.2) is 28.8 Å². The van der Waals surface area contributed by atoms with Crippen LogP contribution in [0.4, 0.5) is 14.5 Å². The summed E-state index contributed by atoms with van der Waals surface area (Å²) < 4.78 is 34.9. The third-order valence-electron chi connectivity index (χ3n) is 4.36. The molecular formula is C17H21F2N3O2. The fourth-order valence-electron chi connectivity index (χ4n) is 3.06. The quantitative estimate of drug-likeness (QED) is 0.877. The first-order valence-corrected chi connectivity index (χ1v) is 7.98. The monoisotopic (exact) mass is 337 g/mol. The Labute approximate surface area is 139 Å². The number of para-hydroxylation sites is 2. The summed E-state index contributed by atoms with van der Waals surface area (Å²) in [4.78, 5) is 2.07. The molecule has 0 amide bonds. The van der Waals surface area contributed by atoms with Crippen molar-refractivity contribution in [2.75, 3.05) is 18.0 Å². The number of hydrogen-bond donors (Lipinski definition) is 1. The Balaban J connectivity index is 1.62. The van der Waals surface area contributed by atoms with Gasteiger partial charge in [-0.15, -0.1) is 0 Å². The van der Waals surface area contributed by atoms with Gasteiger partial charge >= 0.3 is 6.61 Å². The van der Waals surface area contributed by atoms with Crippen molar-refractivity contribution in [2.24, 2.45) is 0 Å². The zero-order valence-electron chi connectivity index (χ0n) is 13.8. The fourth-order valence-corrected chi connectivity index (χ4v) is 3.06. The minimum absolute atomic E-state index is 0.221. The number of nitrogens with zero attached hydrogens (tertiary/aromatic N) is 2. The summed E-state index contributed by atoms with van der Waals surface area (Å²) >= 11 is 0. The van der Waals surface area contributed by atoms with E-state index in [1.807, 2.05) is 26.0 Å². The predicted octanol–water partition coefficient (Wildman–Crippen LogP) is 3.26. The molecule has 5 nitrogen and oxygen atoms in total. The Morgan fingerprint density at radius 1 is 1.38 bits per heavy atom. The third-order valence-corrected chi connectivity index (χ3v) is 4.36. The van der Waals surface area contributed by atoms with Crippen LogP contribution in [0.3, 0.4) is 0 Å². The number of nitrogens with one attached hydrogen (secondary N) is 1. The number of ether oxygens (including phenoxy) is 1. The number of aromatic nitrogens is 1. The molecule has 130 valence electrons. The normalized spacial score (nSPS) is 17.7. The molecule has 1 atom stereocenters. The highest BCUT2D eigenvalue weighted by Crippen LogP contribution is 2.31. The maximum atomic E-state index is 12.5. The van der Waals surface area contributed by atoms with Crippen molar-refractivity contribution < 1.29 is 18.0 Å². The molecule has 1 N–H and O–H groups in total. The smallest absolute Gasteiger partial charge is 0.387 e. The molecule has 0 spiro atoms. The number of anilines is 1. The van der Waals surface area contributed by atoms with Gasteiger partial charge in [0.05, 0.1) is 11.4 Å². The molecular weight excluding hydrogens is 316 g/mol. The van der Waals surface area contributed by atoms with Gasteiger partial charge in [0.2, 0.25) is 0 Å². The van der Waals surface area contributed by atoms with E-state index in [1.165, 1.54) is 0 Å². The molecule has 1 aromatic heterocycles. The van der Waals surface area contributed by atoms with E-state index in [2.05, 4.69) is 20.1 Å². The molecule has 0 bridgehead atoms. The van der Waals surface area contributed by atoms with Crippen molar-refractivity contribution in [3.05, 3.63) is 41.3 Å². The van der Waals surface area contributed by atoms with E-state index in [0.29, 0.717) is 12.2 Å². The lowest BCUT2D eigenvalue weighted by atomic mass is 10.2. The van der Waals surface area contributed by atoms with Crippen LogP contribution in [-0.4, -0.2) is 30.9 Å². The van der Waals surface area contributed by atoms with Crippen LogP contribution in [0.2, 0.25) is 0 Å². The van der Waals surface area contributed by atoms with Crippen LogP contribution in [0.5, 0.6) is 5.75 Å². The minimum atomic E-state index is -2.82. The second kappa shape index (κ2) is 7.17. The van der Waals surface area contributed by atoms with Gasteiger partial charge in [-0.05, 0) is 32.4 Å². The van der Waals surface area contributed by atoms with Gasteiger partial charge in [-0.25, -0.2) is 0 Å². The molecule has 7 heteroatoms. The predicted molar refractivity (Wildman–Crippen MR) is 86.5 cm³/mol. The van der Waals surface area contributed by atoms with Crippen LogP contribution in [0.1, 0.15) is 23.4 Å². The van der Waals surface area contributed by atoms with Crippen LogP contribution in [0, 0.1) is 13.8 Å². The maximum absolute atomic E-state index is 12.5. The number of rotatable bonds is 6. The van der Waals surface area contributed by atoms with Crippen molar-refractivity contribution in [3.8, 4) is 5.75 Å². The molecule has 1 fully saturated rings. The van der Waals surface area contributed by atoms with Gasteiger partial charge in [0.25, 0.3) is 0 Å². The summed E-state index contributed by atoms with van der Waals surface area (Å²) in [5, 5.41) is 7.45. The van der Waals surface area contributed by atoms with E-state index in [4.69, 9.17) is 4.52 Å². The summed E-state index contributed by atoms with van der Waals surface area (Å²) in [6.07, 6.45) is 0.937. The van der Waals surface area contributed by atoms with Gasteiger partial charge in [-0.1, -0.05) is 17.3 Å². The molecule has 1 aromatic carbocycles. The van der Waals surface area contributed by atoms with Crippen LogP contribution in [-0.2, 0) is 6.54 Å². The molecule has 2 heterocycles. The molecule has 3 rings (SSSR count). The molecule has 0 aliphatic carbocycles. The largest absolute Gasteiger partial charge is 0.433 e. The van der Waals surface area contributed by atoms with Gasteiger partial charge in [-0.2, -0.15) is 8.78 Å². The van der Waals surface area contributed by atoms with Gasteiger partial charge in [0.1, 0.15) is 11.5 Å². The Morgan fingerprint density at radius 2 is 2.17 bits per heavy atom. The zero-order chi connectivity index (χ0) is 17.1. The average molecular weight is 337 g/mol. The lowest BCUT2D eigenvalue weighted by Gasteiger charge is -2.22. The third kappa shape index (κ3) is 3.67. The maximum Gasteiger partial charge on any atom is 0.387 e. The summed E-state index contributed by atoms with van der Waals surface area (Å²) in [7, 11) is 0. The van der Waals surface area contributed by atoms with Gasteiger partial charge < -0.3 is 19.5 Å². The van der Waals surface area contributed by atoms with E-state index in [1.54, 1.807) is 12.1 Å². The SMILES string of the molecule is Cc1noc(C)c1CN[C@@H]1CCN(c2ccccc2OC(F)F)C1. The highest BCUT2D eigenvalue weighted by atomic mass is 19.3. The lowest BCUT2D eigenvalue weighted by molar-refractivity contribution is -0.0495. The number of benzene rings is 1. The highest BCUT2D eigenvalue weighted by molar-refractivity contribution is 5.59. The first-order chi connectivity index (χ1) is 11.5. The van der Waals surface area contributed by atoms with E-state index >= 15 is 0 Å². The topological polar surface area (TPSA) is 50.5 Å². The molecule has 1 saturated heterocycles. The van der Waals surface area contributed by atoms with Crippen molar-refractivity contribution in [2.45, 2.75) is 39.5 Å². The fraction of sp³-hybridized carbons (Fsp3) is 0.471. The Bertz CT molecular complexity index is 671. The van der Waals surface area contributed by atoms with E-state index in [-0.39, 0.29) is 11.8 Å². The Morgan fingerprint density at radius 3 is 2.88 bits per heavy atom. The summed E-state index contributed by atoms with van der Waals surface area (Å²) in [6.45, 7) is 3.23. The van der Waals surface area contributed by atoms with Gasteiger partial charge in [0.15, 0.2) is 0 Å². The Hall–Kier alpha value is -2.15. The lowest BCUT2D eigenvalue weighted by Crippen LogP contribution is -2.32. The molecule has 24 heavy (non-hydrogen) atoms. The first-order valence-electron chi connectivity index (χ1n) is 7.98. The number of alkyl halides is 2. The number of aryl methyl sites for hydroxylation is 2. The molecule has 0 saturated carbocycles. The van der Waals surface area contributed by atoms with E-state index in [9.17, 15) is 8.78 Å². The second-order valence-electron chi connectivity index (χ2n) is 5.96. The molecule has 1 aliphatic rings. The van der Waals surface area contributed by atoms with Crippen LogP contribution < -0.4 is 15.0 Å². The Kier molecular flexibility index (Phi) is 4.99. The first kappa shape index (κ1) is 16.7. The molecule has 0 radical (unpaired) electrons. The van der Waals surface area contributed by atoms with Crippen molar-refractivity contribution >= 4 is 5.69 Å². The van der Waals surface area contributed by atoms with Crippen LogP contribution >= 0.6 is 0 Å². The molecule has 2 aromatic rings.